The van der Waals surface area contributed by atoms with E-state index in [2.05, 4.69) is 21.2 Å². The molecule has 5 heteroatoms. The lowest BCUT2D eigenvalue weighted by atomic mass is 9.92. The number of anilines is 1. The molecule has 0 aromatic carbocycles. The van der Waals surface area contributed by atoms with Crippen molar-refractivity contribution in [3.8, 4) is 0 Å². The van der Waals surface area contributed by atoms with Gasteiger partial charge in [0, 0.05) is 37.1 Å². The van der Waals surface area contributed by atoms with Crippen LogP contribution in [0, 0.1) is 0 Å². The van der Waals surface area contributed by atoms with Gasteiger partial charge in [-0.2, -0.15) is 4.37 Å². The molecule has 1 heterocycles. The van der Waals surface area contributed by atoms with Crippen LogP contribution in [0.5, 0.6) is 0 Å². The van der Waals surface area contributed by atoms with E-state index in [1.165, 1.54) is 30.8 Å². The Morgan fingerprint density at radius 1 is 1.47 bits per heavy atom. The molecule has 1 fully saturated rings. The van der Waals surface area contributed by atoms with Crippen LogP contribution in [-0.2, 0) is 6.42 Å². The van der Waals surface area contributed by atoms with Gasteiger partial charge in [0.25, 0.3) is 0 Å². The van der Waals surface area contributed by atoms with Gasteiger partial charge in [0.15, 0.2) is 0 Å². The van der Waals surface area contributed by atoms with E-state index in [-0.39, 0.29) is 6.61 Å². The molecule has 4 nitrogen and oxygen atoms in total. The number of nitrogens with zero attached hydrogens (tertiary/aromatic N) is 3. The molecule has 0 spiro atoms. The van der Waals surface area contributed by atoms with Gasteiger partial charge in [-0.3, -0.25) is 0 Å². The van der Waals surface area contributed by atoms with Crippen molar-refractivity contribution in [2.45, 2.75) is 51.5 Å². The first-order chi connectivity index (χ1) is 8.35. The van der Waals surface area contributed by atoms with Crippen molar-refractivity contribution in [2.75, 3.05) is 18.1 Å². The normalized spacial score (nSPS) is 15.9. The van der Waals surface area contributed by atoms with Gasteiger partial charge in [-0.25, -0.2) is 4.98 Å². The number of hydrogen-bond donors (Lipinski definition) is 1. The Bertz CT molecular complexity index is 338. The van der Waals surface area contributed by atoms with Crippen LogP contribution in [0.3, 0.4) is 0 Å². The van der Waals surface area contributed by atoms with Crippen LogP contribution in [0.25, 0.3) is 0 Å². The minimum atomic E-state index is 0.254. The first-order valence-corrected chi connectivity index (χ1v) is 7.32. The molecule has 1 saturated carbocycles. The fourth-order valence-corrected chi connectivity index (χ4v) is 2.87. The van der Waals surface area contributed by atoms with Crippen LogP contribution < -0.4 is 4.90 Å². The monoisotopic (exact) mass is 255 g/mol. The lowest BCUT2D eigenvalue weighted by Gasteiger charge is -2.37. The van der Waals surface area contributed by atoms with Gasteiger partial charge in [0.2, 0.25) is 5.13 Å². The number of aromatic nitrogens is 2. The largest absolute Gasteiger partial charge is 0.396 e. The summed E-state index contributed by atoms with van der Waals surface area (Å²) in [6.45, 7) is 3.31. The van der Waals surface area contributed by atoms with Crippen LogP contribution in [0.15, 0.2) is 0 Å². The Morgan fingerprint density at radius 3 is 2.88 bits per heavy atom. The minimum Gasteiger partial charge on any atom is -0.396 e. The molecule has 17 heavy (non-hydrogen) atoms. The minimum absolute atomic E-state index is 0.254. The van der Waals surface area contributed by atoms with Gasteiger partial charge in [-0.05, 0) is 32.1 Å². The SMILES string of the molecule is CCCc1nsc(N(CCCO)C2CCC2)n1. The highest BCUT2D eigenvalue weighted by molar-refractivity contribution is 7.09. The summed E-state index contributed by atoms with van der Waals surface area (Å²) >= 11 is 1.51. The van der Waals surface area contributed by atoms with Crippen molar-refractivity contribution in [1.82, 2.24) is 9.36 Å². The molecule has 1 aromatic rings. The number of aliphatic hydroxyl groups is 1. The summed E-state index contributed by atoms with van der Waals surface area (Å²) in [4.78, 5) is 6.95. The number of aliphatic hydroxyl groups excluding tert-OH is 1. The predicted molar refractivity (Wildman–Crippen MR) is 70.6 cm³/mol. The summed E-state index contributed by atoms with van der Waals surface area (Å²) < 4.78 is 4.40. The Hall–Kier alpha value is -0.680. The maximum atomic E-state index is 8.96. The van der Waals surface area contributed by atoms with Gasteiger partial charge < -0.3 is 10.0 Å². The Morgan fingerprint density at radius 2 is 2.29 bits per heavy atom. The van der Waals surface area contributed by atoms with Crippen molar-refractivity contribution in [3.05, 3.63) is 5.82 Å². The summed E-state index contributed by atoms with van der Waals surface area (Å²) in [6.07, 6.45) is 6.72. The second-order valence-corrected chi connectivity index (χ2v) is 5.33. The van der Waals surface area contributed by atoms with Crippen LogP contribution in [0.2, 0.25) is 0 Å². The average molecular weight is 255 g/mol. The third-order valence-electron chi connectivity index (χ3n) is 3.25. The van der Waals surface area contributed by atoms with E-state index in [1.807, 2.05) is 0 Å². The molecule has 0 atom stereocenters. The maximum absolute atomic E-state index is 8.96. The Balaban J connectivity index is 2.01. The zero-order valence-electron chi connectivity index (χ0n) is 10.4. The highest BCUT2D eigenvalue weighted by Crippen LogP contribution is 2.30. The lowest BCUT2D eigenvalue weighted by Crippen LogP contribution is -2.41. The fourth-order valence-electron chi connectivity index (χ4n) is 2.06. The molecule has 2 rings (SSSR count). The van der Waals surface area contributed by atoms with E-state index >= 15 is 0 Å². The van der Waals surface area contributed by atoms with E-state index in [1.54, 1.807) is 0 Å². The third-order valence-corrected chi connectivity index (χ3v) is 4.04. The van der Waals surface area contributed by atoms with Crippen molar-refractivity contribution in [1.29, 1.82) is 0 Å². The highest BCUT2D eigenvalue weighted by atomic mass is 32.1. The predicted octanol–water partition coefficient (Wildman–Crippen LogP) is 2.23. The van der Waals surface area contributed by atoms with Crippen LogP contribution in [0.1, 0.15) is 44.9 Å². The summed E-state index contributed by atoms with van der Waals surface area (Å²) in [5.74, 6) is 0.973. The van der Waals surface area contributed by atoms with Gasteiger partial charge in [0.1, 0.15) is 5.82 Å². The molecule has 1 N–H and O–H groups in total. The average Bonchev–Trinajstić information content (AvgIpc) is 2.70. The van der Waals surface area contributed by atoms with Crippen LogP contribution in [0.4, 0.5) is 5.13 Å². The molecule has 0 bridgehead atoms. The second-order valence-electron chi connectivity index (χ2n) is 4.60. The summed E-state index contributed by atoms with van der Waals surface area (Å²) in [6, 6.07) is 0.629. The van der Waals surface area contributed by atoms with Gasteiger partial charge >= 0.3 is 0 Å². The molecular formula is C12H21N3OS. The fraction of sp³-hybridized carbons (Fsp3) is 0.833. The molecule has 0 saturated heterocycles. The topological polar surface area (TPSA) is 49.2 Å². The van der Waals surface area contributed by atoms with E-state index < -0.39 is 0 Å². The van der Waals surface area contributed by atoms with E-state index in [4.69, 9.17) is 5.11 Å². The molecule has 1 aliphatic carbocycles. The standard InChI is InChI=1S/C12H21N3OS/c1-2-5-11-13-12(17-14-11)15(8-4-9-16)10-6-3-7-10/h10,16H,2-9H2,1H3. The van der Waals surface area contributed by atoms with Crippen molar-refractivity contribution < 1.29 is 5.11 Å². The molecule has 96 valence electrons. The second kappa shape index (κ2) is 6.31. The lowest BCUT2D eigenvalue weighted by molar-refractivity contribution is 0.283. The first kappa shape index (κ1) is 12.8. The maximum Gasteiger partial charge on any atom is 0.205 e. The molecule has 1 aliphatic rings. The molecule has 0 amide bonds. The zero-order valence-corrected chi connectivity index (χ0v) is 11.2. The zero-order chi connectivity index (χ0) is 12.1. The number of aryl methyl sites for hydroxylation is 1. The van der Waals surface area contributed by atoms with Crippen molar-refractivity contribution >= 4 is 16.7 Å². The van der Waals surface area contributed by atoms with E-state index in [9.17, 15) is 0 Å². The highest BCUT2D eigenvalue weighted by Gasteiger charge is 2.26. The first-order valence-electron chi connectivity index (χ1n) is 6.55. The van der Waals surface area contributed by atoms with Gasteiger partial charge in [-0.1, -0.05) is 6.92 Å². The van der Waals surface area contributed by atoms with E-state index in [0.29, 0.717) is 6.04 Å². The van der Waals surface area contributed by atoms with Crippen molar-refractivity contribution in [3.63, 3.8) is 0 Å². The quantitative estimate of drug-likeness (QED) is 0.811. The molecule has 1 aromatic heterocycles. The summed E-state index contributed by atoms with van der Waals surface area (Å²) in [7, 11) is 0. The third kappa shape index (κ3) is 3.16. The van der Waals surface area contributed by atoms with Crippen LogP contribution in [-0.4, -0.2) is 33.7 Å². The van der Waals surface area contributed by atoms with Crippen LogP contribution >= 0.6 is 11.5 Å². The van der Waals surface area contributed by atoms with E-state index in [0.717, 1.165) is 36.8 Å². The molecule has 0 unspecified atom stereocenters. The number of rotatable bonds is 7. The Kier molecular flexibility index (Phi) is 4.74. The smallest absolute Gasteiger partial charge is 0.205 e. The molecule has 0 aliphatic heterocycles. The summed E-state index contributed by atoms with van der Waals surface area (Å²) in [5.41, 5.74) is 0. The van der Waals surface area contributed by atoms with Gasteiger partial charge in [-0.15, -0.1) is 0 Å². The molecular weight excluding hydrogens is 234 g/mol. The summed E-state index contributed by atoms with van der Waals surface area (Å²) in [5, 5.41) is 10.0. The van der Waals surface area contributed by atoms with Gasteiger partial charge in [0.05, 0.1) is 0 Å². The molecule has 0 radical (unpaired) electrons. The number of hydrogen-bond acceptors (Lipinski definition) is 5. The Labute approximate surface area is 107 Å². The van der Waals surface area contributed by atoms with Crippen molar-refractivity contribution in [2.24, 2.45) is 0 Å².